The first kappa shape index (κ1) is 75.3. The molecule has 454 valence electrons. The average Bonchev–Trinajstić information content (AvgIpc) is 3.45. The van der Waals surface area contributed by atoms with Crippen LogP contribution in [0.3, 0.4) is 0 Å². The number of unbranched alkanes of at least 4 members (excludes halogenated alkanes) is 34. The number of carbonyl (C=O) groups excluding carboxylic acids is 3. The summed E-state index contributed by atoms with van der Waals surface area (Å²) in [6.07, 6.45) is 89.9. The van der Waals surface area contributed by atoms with E-state index < -0.39 is 6.10 Å². The second-order valence-electron chi connectivity index (χ2n) is 22.3. The summed E-state index contributed by atoms with van der Waals surface area (Å²) in [4.78, 5) is 38.4. The molecule has 0 aliphatic rings. The van der Waals surface area contributed by atoms with Crippen LogP contribution in [0, 0.1) is 0 Å². The highest BCUT2D eigenvalue weighted by Gasteiger charge is 2.19. The van der Waals surface area contributed by atoms with Gasteiger partial charge in [0.25, 0.3) is 0 Å². The molecule has 0 aliphatic carbocycles. The van der Waals surface area contributed by atoms with Gasteiger partial charge in [-0.05, 0) is 122 Å². The summed E-state index contributed by atoms with van der Waals surface area (Å²) in [5.74, 6) is -0.909. The Hall–Kier alpha value is -3.67. The number of esters is 3. The van der Waals surface area contributed by atoms with E-state index in [1.54, 1.807) is 0 Å². The van der Waals surface area contributed by atoms with Crippen LogP contribution in [0.2, 0.25) is 0 Å². The van der Waals surface area contributed by atoms with E-state index in [-0.39, 0.29) is 31.1 Å². The molecule has 0 saturated heterocycles. The number of rotatable bonds is 61. The highest BCUT2D eigenvalue weighted by Crippen LogP contribution is 2.17. The fourth-order valence-corrected chi connectivity index (χ4v) is 9.50. The maximum absolute atomic E-state index is 12.9. The molecule has 0 heterocycles. The highest BCUT2D eigenvalue weighted by molar-refractivity contribution is 5.71. The van der Waals surface area contributed by atoms with Gasteiger partial charge in [-0.25, -0.2) is 0 Å². The van der Waals surface area contributed by atoms with Crippen molar-refractivity contribution in [2.24, 2.45) is 0 Å². The number of hydrogen-bond donors (Lipinski definition) is 0. The lowest BCUT2D eigenvalue weighted by atomic mass is 10.0. The van der Waals surface area contributed by atoms with E-state index in [4.69, 9.17) is 14.2 Å². The van der Waals surface area contributed by atoms with Crippen molar-refractivity contribution in [1.29, 1.82) is 0 Å². The molecule has 79 heavy (non-hydrogen) atoms. The van der Waals surface area contributed by atoms with Gasteiger partial charge < -0.3 is 14.2 Å². The summed E-state index contributed by atoms with van der Waals surface area (Å²) < 4.78 is 16.9. The second kappa shape index (κ2) is 66.8. The van der Waals surface area contributed by atoms with Gasteiger partial charge in [0.15, 0.2) is 6.10 Å². The Morgan fingerprint density at radius 3 is 0.797 bits per heavy atom. The molecule has 0 amide bonds. The zero-order chi connectivity index (χ0) is 57.1. The van der Waals surface area contributed by atoms with Crippen molar-refractivity contribution >= 4 is 17.9 Å². The smallest absolute Gasteiger partial charge is 0.306 e. The van der Waals surface area contributed by atoms with E-state index in [9.17, 15) is 14.4 Å². The van der Waals surface area contributed by atoms with E-state index >= 15 is 0 Å². The summed E-state index contributed by atoms with van der Waals surface area (Å²) in [6, 6.07) is 0. The first-order chi connectivity index (χ1) is 39.0. The lowest BCUT2D eigenvalue weighted by molar-refractivity contribution is -0.167. The third kappa shape index (κ3) is 65.0. The molecule has 6 heteroatoms. The van der Waals surface area contributed by atoms with Gasteiger partial charge in [-0.2, -0.15) is 0 Å². The fourth-order valence-electron chi connectivity index (χ4n) is 9.50. The molecule has 0 saturated carbocycles. The van der Waals surface area contributed by atoms with Crippen molar-refractivity contribution in [1.82, 2.24) is 0 Å². The van der Waals surface area contributed by atoms with Crippen molar-refractivity contribution in [3.63, 3.8) is 0 Å². The van der Waals surface area contributed by atoms with Crippen LogP contribution in [0.25, 0.3) is 0 Å². The summed E-state index contributed by atoms with van der Waals surface area (Å²) in [7, 11) is 0. The molecule has 0 spiro atoms. The average molecular weight is 1100 g/mol. The molecule has 0 aliphatic heterocycles. The molecule has 0 aromatic rings. The largest absolute Gasteiger partial charge is 0.462 e. The van der Waals surface area contributed by atoms with Gasteiger partial charge >= 0.3 is 17.9 Å². The van der Waals surface area contributed by atoms with Crippen LogP contribution >= 0.6 is 0 Å². The standard InChI is InChI=1S/C73H126O6/c1-4-7-10-13-16-19-22-25-28-31-32-33-34-35-36-37-38-39-40-43-45-48-51-54-57-60-63-66-72(75)78-69-70(79-73(76)67-64-61-58-55-52-49-46-42-30-27-24-21-18-15-12-9-6-3)68-77-71(74)65-62-59-56-53-50-47-44-41-29-26-23-20-17-14-11-8-5-2/h9,12,17-18,20-22,25-27,29-32,46,49,70H,4-8,10-11,13-16,19,23-24,28,33-45,47-48,50-69H2,1-3H3/b12-9-,20-17-,21-18-,25-22-,29-26-,30-27-,32-31-,49-46-. The summed E-state index contributed by atoms with van der Waals surface area (Å²) >= 11 is 0. The van der Waals surface area contributed by atoms with Crippen LogP contribution in [-0.4, -0.2) is 37.2 Å². The first-order valence-electron chi connectivity index (χ1n) is 33.7. The van der Waals surface area contributed by atoms with Crippen LogP contribution in [0.1, 0.15) is 329 Å². The Kier molecular flexibility index (Phi) is 63.7. The molecular formula is C73H126O6. The molecule has 0 fully saturated rings. The minimum atomic E-state index is -0.796. The zero-order valence-electron chi connectivity index (χ0n) is 52.1. The van der Waals surface area contributed by atoms with Gasteiger partial charge in [0.1, 0.15) is 13.2 Å². The molecule has 6 nitrogen and oxygen atoms in total. The van der Waals surface area contributed by atoms with Gasteiger partial charge in [0, 0.05) is 19.3 Å². The van der Waals surface area contributed by atoms with Gasteiger partial charge in [-0.3, -0.25) is 14.4 Å². The first-order valence-corrected chi connectivity index (χ1v) is 33.7. The van der Waals surface area contributed by atoms with Crippen LogP contribution < -0.4 is 0 Å². The molecule has 0 radical (unpaired) electrons. The fraction of sp³-hybridized carbons (Fsp3) is 0.740. The Morgan fingerprint density at radius 2 is 0.494 bits per heavy atom. The Bertz CT molecular complexity index is 1540. The number of allylic oxidation sites excluding steroid dienone is 16. The van der Waals surface area contributed by atoms with E-state index in [1.807, 2.05) is 0 Å². The Balaban J connectivity index is 4.33. The molecule has 0 N–H and O–H groups in total. The van der Waals surface area contributed by atoms with Crippen LogP contribution in [-0.2, 0) is 28.6 Å². The predicted molar refractivity (Wildman–Crippen MR) is 344 cm³/mol. The van der Waals surface area contributed by atoms with Crippen molar-refractivity contribution in [3.8, 4) is 0 Å². The lowest BCUT2D eigenvalue weighted by Gasteiger charge is -2.18. The summed E-state index contributed by atoms with van der Waals surface area (Å²) in [5.41, 5.74) is 0. The van der Waals surface area contributed by atoms with Crippen LogP contribution in [0.15, 0.2) is 97.2 Å². The Labute approximate surface area is 489 Å². The minimum absolute atomic E-state index is 0.0890. The second-order valence-corrected chi connectivity index (χ2v) is 22.3. The number of ether oxygens (including phenoxy) is 3. The van der Waals surface area contributed by atoms with E-state index in [2.05, 4.69) is 118 Å². The molecule has 0 bridgehead atoms. The van der Waals surface area contributed by atoms with E-state index in [0.717, 1.165) is 116 Å². The van der Waals surface area contributed by atoms with Crippen molar-refractivity contribution in [2.45, 2.75) is 335 Å². The number of hydrogen-bond acceptors (Lipinski definition) is 6. The molecule has 0 aromatic heterocycles. The van der Waals surface area contributed by atoms with E-state index in [0.29, 0.717) is 19.3 Å². The minimum Gasteiger partial charge on any atom is -0.462 e. The molecule has 1 unspecified atom stereocenters. The van der Waals surface area contributed by atoms with Crippen LogP contribution in [0.5, 0.6) is 0 Å². The SMILES string of the molecule is CC/C=C\C/C=C\C/C=C\C/C=C\CCCCCCC(=O)OC(COC(=O)CCCCCCCCC/C=C\C/C=C\CCCCC)COC(=O)CCCCCCCCCCCCCCCCC/C=C\C/C=C\CCCCCCC. The van der Waals surface area contributed by atoms with Gasteiger partial charge in [-0.1, -0.05) is 285 Å². The van der Waals surface area contributed by atoms with E-state index in [1.165, 1.54) is 173 Å². The van der Waals surface area contributed by atoms with Gasteiger partial charge in [0.05, 0.1) is 0 Å². The van der Waals surface area contributed by atoms with Gasteiger partial charge in [0.2, 0.25) is 0 Å². The van der Waals surface area contributed by atoms with Crippen LogP contribution in [0.4, 0.5) is 0 Å². The summed E-state index contributed by atoms with van der Waals surface area (Å²) in [6.45, 7) is 6.50. The normalized spacial score (nSPS) is 12.7. The highest BCUT2D eigenvalue weighted by atomic mass is 16.6. The maximum Gasteiger partial charge on any atom is 0.306 e. The third-order valence-electron chi connectivity index (χ3n) is 14.5. The Morgan fingerprint density at radius 1 is 0.266 bits per heavy atom. The zero-order valence-corrected chi connectivity index (χ0v) is 52.1. The third-order valence-corrected chi connectivity index (χ3v) is 14.5. The molecule has 0 rings (SSSR count). The van der Waals surface area contributed by atoms with Gasteiger partial charge in [-0.15, -0.1) is 0 Å². The van der Waals surface area contributed by atoms with Crippen molar-refractivity contribution in [2.75, 3.05) is 13.2 Å². The predicted octanol–water partition coefficient (Wildman–Crippen LogP) is 23.2. The maximum atomic E-state index is 12.9. The van der Waals surface area contributed by atoms with Crippen molar-refractivity contribution in [3.05, 3.63) is 97.2 Å². The molecular weight excluding hydrogens is 973 g/mol. The topological polar surface area (TPSA) is 78.9 Å². The molecule has 0 aromatic carbocycles. The van der Waals surface area contributed by atoms with Crippen molar-refractivity contribution < 1.29 is 28.6 Å². The number of carbonyl (C=O) groups is 3. The summed E-state index contributed by atoms with van der Waals surface area (Å²) in [5, 5.41) is 0. The quantitative estimate of drug-likeness (QED) is 0.0261. The molecule has 1 atom stereocenters. The lowest BCUT2D eigenvalue weighted by Crippen LogP contribution is -2.30. The monoisotopic (exact) mass is 1100 g/mol.